The zero-order valence-corrected chi connectivity index (χ0v) is 20.4. The van der Waals surface area contributed by atoms with Crippen LogP contribution in [0.25, 0.3) is 0 Å². The summed E-state index contributed by atoms with van der Waals surface area (Å²) in [6.07, 6.45) is 1.11. The van der Waals surface area contributed by atoms with Crippen LogP contribution in [-0.2, 0) is 24.7 Å². The first-order valence-electron chi connectivity index (χ1n) is 9.92. The molecule has 0 aliphatic heterocycles. The SMILES string of the molecule is C[C@H](NC(=O)CN(c1ccccc1Cl)S(=O)(=O)c1ccccc1)c1ccc(S(C)(=O)=O)cc1. The van der Waals surface area contributed by atoms with Crippen LogP contribution < -0.4 is 9.62 Å². The number of amides is 1. The number of hydrogen-bond donors (Lipinski definition) is 1. The van der Waals surface area contributed by atoms with Crippen molar-refractivity contribution < 1.29 is 21.6 Å². The summed E-state index contributed by atoms with van der Waals surface area (Å²) in [5, 5.41) is 2.95. The summed E-state index contributed by atoms with van der Waals surface area (Å²) in [6, 6.07) is 19.8. The minimum atomic E-state index is -4.07. The first-order chi connectivity index (χ1) is 15.5. The molecule has 10 heteroatoms. The summed E-state index contributed by atoms with van der Waals surface area (Å²) in [4.78, 5) is 13.1. The van der Waals surface area contributed by atoms with Crippen LogP contribution in [0.2, 0.25) is 5.02 Å². The Labute approximate surface area is 199 Å². The Bertz CT molecular complexity index is 1340. The molecule has 0 spiro atoms. The smallest absolute Gasteiger partial charge is 0.264 e. The minimum Gasteiger partial charge on any atom is -0.348 e. The van der Waals surface area contributed by atoms with Crippen molar-refractivity contribution in [3.63, 3.8) is 0 Å². The second-order valence-electron chi connectivity index (χ2n) is 7.41. The summed E-state index contributed by atoms with van der Waals surface area (Å²) >= 11 is 6.26. The quantitative estimate of drug-likeness (QED) is 0.500. The molecular weight excluding hydrogens is 484 g/mol. The van der Waals surface area contributed by atoms with Crippen LogP contribution in [-0.4, -0.2) is 35.5 Å². The molecule has 0 fully saturated rings. The number of sulfonamides is 1. The van der Waals surface area contributed by atoms with Crippen molar-refractivity contribution in [3.8, 4) is 0 Å². The van der Waals surface area contributed by atoms with E-state index in [4.69, 9.17) is 11.6 Å². The molecule has 3 rings (SSSR count). The van der Waals surface area contributed by atoms with Crippen molar-refractivity contribution in [2.24, 2.45) is 0 Å². The summed E-state index contributed by atoms with van der Waals surface area (Å²) in [6.45, 7) is 1.23. The maximum Gasteiger partial charge on any atom is 0.264 e. The Balaban J connectivity index is 1.86. The summed E-state index contributed by atoms with van der Waals surface area (Å²) in [7, 11) is -7.41. The first-order valence-corrected chi connectivity index (χ1v) is 13.6. The van der Waals surface area contributed by atoms with E-state index in [1.165, 1.54) is 30.3 Å². The van der Waals surface area contributed by atoms with Crippen LogP contribution in [0.1, 0.15) is 18.5 Å². The van der Waals surface area contributed by atoms with Crippen LogP contribution in [0, 0.1) is 0 Å². The number of carbonyl (C=O) groups excluding carboxylic acids is 1. The molecule has 0 aromatic heterocycles. The van der Waals surface area contributed by atoms with Crippen molar-refractivity contribution in [2.75, 3.05) is 17.1 Å². The van der Waals surface area contributed by atoms with Gasteiger partial charge in [0.25, 0.3) is 10.0 Å². The lowest BCUT2D eigenvalue weighted by molar-refractivity contribution is -0.120. The molecule has 174 valence electrons. The standard InChI is InChI=1S/C23H23ClN2O5S2/c1-17(18-12-14-19(15-13-18)32(2,28)29)25-23(27)16-26(22-11-7-6-10-21(22)24)33(30,31)20-8-4-3-5-9-20/h3-15,17H,16H2,1-2H3,(H,25,27)/t17-/m0/s1. The highest BCUT2D eigenvalue weighted by molar-refractivity contribution is 7.93. The van der Waals surface area contributed by atoms with Crippen LogP contribution in [0.15, 0.2) is 88.7 Å². The molecular formula is C23H23ClN2O5S2. The van der Waals surface area contributed by atoms with E-state index < -0.39 is 38.4 Å². The number of para-hydroxylation sites is 1. The van der Waals surface area contributed by atoms with E-state index in [1.807, 2.05) is 0 Å². The molecule has 0 bridgehead atoms. The van der Waals surface area contributed by atoms with Gasteiger partial charge in [-0.1, -0.05) is 54.1 Å². The van der Waals surface area contributed by atoms with Crippen molar-refractivity contribution in [2.45, 2.75) is 22.8 Å². The molecule has 3 aromatic rings. The van der Waals surface area contributed by atoms with E-state index in [2.05, 4.69) is 5.32 Å². The largest absolute Gasteiger partial charge is 0.348 e. The number of halogens is 1. The molecule has 0 aliphatic rings. The average Bonchev–Trinajstić information content (AvgIpc) is 2.78. The predicted molar refractivity (Wildman–Crippen MR) is 129 cm³/mol. The third-order valence-corrected chi connectivity index (χ3v) is 8.15. The molecule has 7 nitrogen and oxygen atoms in total. The number of nitrogens with one attached hydrogen (secondary N) is 1. The Hall–Kier alpha value is -2.88. The fourth-order valence-electron chi connectivity index (χ4n) is 3.18. The summed E-state index contributed by atoms with van der Waals surface area (Å²) < 4.78 is 50.9. The highest BCUT2D eigenvalue weighted by atomic mass is 35.5. The lowest BCUT2D eigenvalue weighted by Crippen LogP contribution is -2.41. The van der Waals surface area contributed by atoms with Gasteiger partial charge in [-0.2, -0.15) is 0 Å². The van der Waals surface area contributed by atoms with Crippen molar-refractivity contribution in [1.29, 1.82) is 0 Å². The van der Waals surface area contributed by atoms with Gasteiger partial charge in [0.1, 0.15) is 6.54 Å². The highest BCUT2D eigenvalue weighted by Gasteiger charge is 2.29. The third kappa shape index (κ3) is 5.93. The molecule has 0 saturated heterocycles. The number of sulfone groups is 1. The molecule has 1 N–H and O–H groups in total. The molecule has 1 amide bonds. The highest BCUT2D eigenvalue weighted by Crippen LogP contribution is 2.30. The Kier molecular flexibility index (Phi) is 7.46. The van der Waals surface area contributed by atoms with Gasteiger partial charge in [-0.05, 0) is 48.9 Å². The number of anilines is 1. The van der Waals surface area contributed by atoms with Crippen LogP contribution in [0.3, 0.4) is 0 Å². The maximum absolute atomic E-state index is 13.3. The van der Waals surface area contributed by atoms with Crippen LogP contribution in [0.5, 0.6) is 0 Å². The molecule has 0 unspecified atom stereocenters. The van der Waals surface area contributed by atoms with Crippen LogP contribution >= 0.6 is 11.6 Å². The third-order valence-electron chi connectivity index (χ3n) is 4.93. The van der Waals surface area contributed by atoms with Gasteiger partial charge >= 0.3 is 0 Å². The van der Waals surface area contributed by atoms with Crippen molar-refractivity contribution >= 4 is 43.1 Å². The number of rotatable bonds is 8. The second kappa shape index (κ2) is 9.94. The molecule has 0 heterocycles. The summed E-state index contributed by atoms with van der Waals surface area (Å²) in [5.74, 6) is -0.547. The first kappa shape index (κ1) is 24.8. The van der Waals surface area contributed by atoms with Crippen LogP contribution in [0.4, 0.5) is 5.69 Å². The Morgan fingerprint density at radius 3 is 2.03 bits per heavy atom. The van der Waals surface area contributed by atoms with Crippen molar-refractivity contribution in [1.82, 2.24) is 5.32 Å². The van der Waals surface area contributed by atoms with Gasteiger partial charge < -0.3 is 5.32 Å². The predicted octanol–water partition coefficient (Wildman–Crippen LogP) is 3.82. The minimum absolute atomic E-state index is 0.0298. The molecule has 1 atom stereocenters. The number of hydrogen-bond acceptors (Lipinski definition) is 5. The zero-order chi connectivity index (χ0) is 24.2. The van der Waals surface area contributed by atoms with E-state index in [-0.39, 0.29) is 20.5 Å². The lowest BCUT2D eigenvalue weighted by Gasteiger charge is -2.26. The second-order valence-corrected chi connectivity index (χ2v) is 11.7. The maximum atomic E-state index is 13.3. The molecule has 33 heavy (non-hydrogen) atoms. The monoisotopic (exact) mass is 506 g/mol. The Morgan fingerprint density at radius 1 is 0.879 bits per heavy atom. The number of benzene rings is 3. The van der Waals surface area contributed by atoms with E-state index in [1.54, 1.807) is 55.5 Å². The van der Waals surface area contributed by atoms with E-state index >= 15 is 0 Å². The molecule has 0 radical (unpaired) electrons. The van der Waals surface area contributed by atoms with Gasteiger partial charge in [0.2, 0.25) is 5.91 Å². The van der Waals surface area contributed by atoms with Gasteiger partial charge in [0.05, 0.1) is 26.5 Å². The number of carbonyl (C=O) groups is 1. The van der Waals surface area contributed by atoms with Gasteiger partial charge in [0, 0.05) is 6.26 Å². The van der Waals surface area contributed by atoms with Gasteiger partial charge in [-0.15, -0.1) is 0 Å². The number of nitrogens with zero attached hydrogens (tertiary/aromatic N) is 1. The summed E-state index contributed by atoms with van der Waals surface area (Å²) in [5.41, 5.74) is 0.856. The fourth-order valence-corrected chi connectivity index (χ4v) is 5.56. The van der Waals surface area contributed by atoms with E-state index in [0.29, 0.717) is 5.56 Å². The van der Waals surface area contributed by atoms with E-state index in [9.17, 15) is 21.6 Å². The van der Waals surface area contributed by atoms with Crippen molar-refractivity contribution in [3.05, 3.63) is 89.4 Å². The average molecular weight is 507 g/mol. The Morgan fingerprint density at radius 2 is 1.45 bits per heavy atom. The topological polar surface area (TPSA) is 101 Å². The lowest BCUT2D eigenvalue weighted by atomic mass is 10.1. The molecule has 0 saturated carbocycles. The van der Waals surface area contributed by atoms with E-state index in [0.717, 1.165) is 10.6 Å². The normalized spacial score (nSPS) is 12.7. The van der Waals surface area contributed by atoms with Gasteiger partial charge in [-0.25, -0.2) is 16.8 Å². The molecule has 0 aliphatic carbocycles. The fraction of sp³-hybridized carbons (Fsp3) is 0.174. The molecule has 3 aromatic carbocycles. The zero-order valence-electron chi connectivity index (χ0n) is 18.0. The van der Waals surface area contributed by atoms with Gasteiger partial charge in [-0.3, -0.25) is 9.10 Å². The van der Waals surface area contributed by atoms with Gasteiger partial charge in [0.15, 0.2) is 9.84 Å².